The van der Waals surface area contributed by atoms with Crippen molar-refractivity contribution in [2.24, 2.45) is 23.7 Å². The standard InChI is InChI=1S/C27H33N3O2/c1-17(2)24(26(32)29-23-5-3-4-10-28-23)30-25(31)21-6-8-22(9-7-21)27-14-18-11-19(15-27)13-20(12-18)16-27/h3-10,17-20,24H,11-16H2,1-2H3,(H,30,31)(H,28,29,32)/t18?,19?,20?,24-,27?/m1/s1. The van der Waals surface area contributed by atoms with Gasteiger partial charge in [-0.25, -0.2) is 4.98 Å². The molecule has 1 heterocycles. The first kappa shape index (κ1) is 21.2. The minimum Gasteiger partial charge on any atom is -0.340 e. The largest absolute Gasteiger partial charge is 0.340 e. The number of carbonyl (C=O) groups is 2. The van der Waals surface area contributed by atoms with Gasteiger partial charge in [-0.15, -0.1) is 0 Å². The first-order chi connectivity index (χ1) is 15.4. The molecule has 5 nitrogen and oxygen atoms in total. The molecule has 6 rings (SSSR count). The molecule has 2 amide bonds. The van der Waals surface area contributed by atoms with Crippen molar-refractivity contribution in [1.82, 2.24) is 10.3 Å². The zero-order chi connectivity index (χ0) is 22.3. The van der Waals surface area contributed by atoms with E-state index in [-0.39, 0.29) is 17.7 Å². The highest BCUT2D eigenvalue weighted by molar-refractivity contribution is 6.01. The molecule has 0 saturated heterocycles. The summed E-state index contributed by atoms with van der Waals surface area (Å²) < 4.78 is 0. The molecular formula is C27H33N3O2. The van der Waals surface area contributed by atoms with E-state index in [0.717, 1.165) is 17.8 Å². The predicted octanol–water partition coefficient (Wildman–Crippen LogP) is 4.94. The second kappa shape index (κ2) is 8.34. The lowest BCUT2D eigenvalue weighted by Crippen LogP contribution is -2.48. The zero-order valence-electron chi connectivity index (χ0n) is 19.0. The summed E-state index contributed by atoms with van der Waals surface area (Å²) in [5.74, 6) is 2.66. The Morgan fingerprint density at radius 3 is 2.09 bits per heavy atom. The van der Waals surface area contributed by atoms with E-state index in [0.29, 0.717) is 16.8 Å². The number of hydrogen-bond donors (Lipinski definition) is 2. The van der Waals surface area contributed by atoms with E-state index in [1.54, 1.807) is 18.3 Å². The summed E-state index contributed by atoms with van der Waals surface area (Å²) in [5, 5.41) is 5.73. The Bertz CT molecular complexity index is 948. The van der Waals surface area contributed by atoms with Gasteiger partial charge in [0.25, 0.3) is 5.91 Å². The molecule has 4 saturated carbocycles. The van der Waals surface area contributed by atoms with Crippen LogP contribution in [0.1, 0.15) is 68.3 Å². The average Bonchev–Trinajstić information content (AvgIpc) is 2.77. The molecule has 0 spiro atoms. The van der Waals surface area contributed by atoms with E-state index in [9.17, 15) is 9.59 Å². The highest BCUT2D eigenvalue weighted by Gasteiger charge is 2.51. The van der Waals surface area contributed by atoms with E-state index < -0.39 is 6.04 Å². The van der Waals surface area contributed by atoms with Crippen LogP contribution >= 0.6 is 0 Å². The first-order valence-electron chi connectivity index (χ1n) is 12.1. The lowest BCUT2D eigenvalue weighted by molar-refractivity contribution is -0.118. The third-order valence-corrected chi connectivity index (χ3v) is 7.95. The van der Waals surface area contributed by atoms with Crippen LogP contribution in [-0.4, -0.2) is 22.8 Å². The number of rotatable bonds is 6. The molecule has 2 aromatic rings. The first-order valence-corrected chi connectivity index (χ1v) is 12.1. The van der Waals surface area contributed by atoms with Gasteiger partial charge < -0.3 is 10.6 Å². The van der Waals surface area contributed by atoms with Gasteiger partial charge in [-0.05, 0) is 97.4 Å². The van der Waals surface area contributed by atoms with Crippen LogP contribution in [0.4, 0.5) is 5.82 Å². The third-order valence-electron chi connectivity index (χ3n) is 7.95. The van der Waals surface area contributed by atoms with E-state index in [1.807, 2.05) is 32.0 Å². The van der Waals surface area contributed by atoms with Crippen molar-refractivity contribution in [2.75, 3.05) is 5.32 Å². The van der Waals surface area contributed by atoms with Gasteiger partial charge in [-0.1, -0.05) is 32.0 Å². The fraction of sp³-hybridized carbons (Fsp3) is 0.519. The fourth-order valence-electron chi connectivity index (χ4n) is 6.84. The van der Waals surface area contributed by atoms with Crippen molar-refractivity contribution in [2.45, 2.75) is 63.8 Å². The van der Waals surface area contributed by atoms with Gasteiger partial charge in [0, 0.05) is 11.8 Å². The van der Waals surface area contributed by atoms with E-state index in [2.05, 4.69) is 27.8 Å². The van der Waals surface area contributed by atoms with Crippen LogP contribution in [0.25, 0.3) is 0 Å². The summed E-state index contributed by atoms with van der Waals surface area (Å²) in [6.07, 6.45) is 9.85. The highest BCUT2D eigenvalue weighted by Crippen LogP contribution is 2.60. The number of aromatic nitrogens is 1. The lowest BCUT2D eigenvalue weighted by atomic mass is 9.48. The maximum atomic E-state index is 13.0. The molecule has 4 fully saturated rings. The fourth-order valence-corrected chi connectivity index (χ4v) is 6.84. The summed E-state index contributed by atoms with van der Waals surface area (Å²) in [4.78, 5) is 29.9. The predicted molar refractivity (Wildman–Crippen MR) is 125 cm³/mol. The van der Waals surface area contributed by atoms with Gasteiger partial charge in [-0.3, -0.25) is 9.59 Å². The van der Waals surface area contributed by atoms with E-state index in [4.69, 9.17) is 0 Å². The second-order valence-corrected chi connectivity index (χ2v) is 10.7. The number of nitrogens with zero attached hydrogens (tertiary/aromatic N) is 1. The van der Waals surface area contributed by atoms with Crippen molar-refractivity contribution in [3.8, 4) is 0 Å². The maximum absolute atomic E-state index is 13.0. The van der Waals surface area contributed by atoms with Gasteiger partial charge in [0.1, 0.15) is 11.9 Å². The van der Waals surface area contributed by atoms with Gasteiger partial charge in [0.15, 0.2) is 0 Å². The second-order valence-electron chi connectivity index (χ2n) is 10.7. The summed E-state index contributed by atoms with van der Waals surface area (Å²) in [5.41, 5.74) is 2.34. The van der Waals surface area contributed by atoms with E-state index >= 15 is 0 Å². The summed E-state index contributed by atoms with van der Waals surface area (Å²) in [6.45, 7) is 3.86. The Morgan fingerprint density at radius 2 is 1.56 bits per heavy atom. The van der Waals surface area contributed by atoms with Gasteiger partial charge in [-0.2, -0.15) is 0 Å². The summed E-state index contributed by atoms with van der Waals surface area (Å²) in [7, 11) is 0. The van der Waals surface area contributed by atoms with Crippen molar-refractivity contribution in [3.63, 3.8) is 0 Å². The molecule has 5 heteroatoms. The van der Waals surface area contributed by atoms with Crippen LogP contribution < -0.4 is 10.6 Å². The van der Waals surface area contributed by atoms with Crippen LogP contribution in [0.3, 0.4) is 0 Å². The van der Waals surface area contributed by atoms with Crippen LogP contribution in [0, 0.1) is 23.7 Å². The molecule has 0 unspecified atom stereocenters. The van der Waals surface area contributed by atoms with Crippen LogP contribution in [0.2, 0.25) is 0 Å². The molecule has 168 valence electrons. The van der Waals surface area contributed by atoms with Gasteiger partial charge >= 0.3 is 0 Å². The number of nitrogens with one attached hydrogen (secondary N) is 2. The third kappa shape index (κ3) is 4.05. The average molecular weight is 432 g/mol. The van der Waals surface area contributed by atoms with Gasteiger partial charge in [0.2, 0.25) is 5.91 Å². The molecule has 1 atom stereocenters. The molecule has 1 aromatic carbocycles. The van der Waals surface area contributed by atoms with Crippen molar-refractivity contribution < 1.29 is 9.59 Å². The number of pyridine rings is 1. The number of anilines is 1. The highest BCUT2D eigenvalue weighted by atomic mass is 16.2. The van der Waals surface area contributed by atoms with E-state index in [1.165, 1.54) is 44.1 Å². The topological polar surface area (TPSA) is 71.1 Å². The zero-order valence-corrected chi connectivity index (χ0v) is 19.0. The Balaban J connectivity index is 1.27. The Morgan fingerprint density at radius 1 is 0.938 bits per heavy atom. The SMILES string of the molecule is CC(C)[C@@H](NC(=O)c1ccc(C23CC4CC(CC(C4)C2)C3)cc1)C(=O)Nc1ccccn1. The molecular weight excluding hydrogens is 398 g/mol. The molecule has 0 radical (unpaired) electrons. The molecule has 2 N–H and O–H groups in total. The smallest absolute Gasteiger partial charge is 0.251 e. The normalized spacial score (nSPS) is 29.0. The number of benzene rings is 1. The Hall–Kier alpha value is -2.69. The van der Waals surface area contributed by atoms with Crippen LogP contribution in [-0.2, 0) is 10.2 Å². The monoisotopic (exact) mass is 431 g/mol. The molecule has 4 aliphatic rings. The van der Waals surface area contributed by atoms with Crippen LogP contribution in [0.5, 0.6) is 0 Å². The van der Waals surface area contributed by atoms with Crippen molar-refractivity contribution in [1.29, 1.82) is 0 Å². The minimum atomic E-state index is -0.632. The lowest BCUT2D eigenvalue weighted by Gasteiger charge is -2.57. The van der Waals surface area contributed by atoms with Crippen molar-refractivity contribution in [3.05, 3.63) is 59.8 Å². The Labute approximate surface area is 190 Å². The number of amides is 2. The Kier molecular flexibility index (Phi) is 5.52. The van der Waals surface area contributed by atoms with Crippen LogP contribution in [0.15, 0.2) is 48.7 Å². The van der Waals surface area contributed by atoms with Crippen molar-refractivity contribution >= 4 is 17.6 Å². The molecule has 0 aliphatic heterocycles. The quantitative estimate of drug-likeness (QED) is 0.680. The molecule has 4 aliphatic carbocycles. The van der Waals surface area contributed by atoms with Gasteiger partial charge in [0.05, 0.1) is 0 Å². The minimum absolute atomic E-state index is 0.0473. The number of hydrogen-bond acceptors (Lipinski definition) is 3. The molecule has 32 heavy (non-hydrogen) atoms. The summed E-state index contributed by atoms with van der Waals surface area (Å²) >= 11 is 0. The molecule has 4 bridgehead atoms. The summed E-state index contributed by atoms with van der Waals surface area (Å²) in [6, 6.07) is 12.9. The maximum Gasteiger partial charge on any atom is 0.251 e. The number of carbonyl (C=O) groups excluding carboxylic acids is 2. The molecule has 1 aromatic heterocycles.